The third-order valence-electron chi connectivity index (χ3n) is 2.07. The maximum Gasteiger partial charge on any atom is 0.328 e. The summed E-state index contributed by atoms with van der Waals surface area (Å²) in [7, 11) is 0. The van der Waals surface area contributed by atoms with Crippen LogP contribution in [0.5, 0.6) is 0 Å². The van der Waals surface area contributed by atoms with Crippen molar-refractivity contribution in [2.24, 2.45) is 0 Å². The van der Waals surface area contributed by atoms with Crippen LogP contribution in [0.25, 0.3) is 0 Å². The van der Waals surface area contributed by atoms with E-state index in [1.165, 1.54) is 0 Å². The topological polar surface area (TPSA) is 64.3 Å². The number of nitrogen functional groups attached to an aromatic ring is 1. The number of ether oxygens (including phenoxy) is 1. The van der Waals surface area contributed by atoms with Gasteiger partial charge in [-0.1, -0.05) is 17.7 Å². The second kappa shape index (κ2) is 5.61. The first kappa shape index (κ1) is 12.6. The zero-order valence-corrected chi connectivity index (χ0v) is 10.0. The summed E-state index contributed by atoms with van der Waals surface area (Å²) in [5.41, 5.74) is 6.82. The van der Waals surface area contributed by atoms with Crippen molar-refractivity contribution in [1.82, 2.24) is 0 Å². The fraction of sp³-hybridized carbons (Fsp3) is 0.364. The van der Waals surface area contributed by atoms with Crippen molar-refractivity contribution in [3.63, 3.8) is 0 Å². The second-order valence-electron chi connectivity index (χ2n) is 3.32. The van der Waals surface area contributed by atoms with Gasteiger partial charge in [-0.25, -0.2) is 4.79 Å². The molecule has 0 heterocycles. The molecule has 1 atom stereocenters. The molecule has 0 aliphatic heterocycles. The first-order valence-electron chi connectivity index (χ1n) is 5.03. The summed E-state index contributed by atoms with van der Waals surface area (Å²) < 4.78 is 4.87. The van der Waals surface area contributed by atoms with E-state index in [0.717, 1.165) is 0 Å². The predicted octanol–water partition coefficient (Wildman–Crippen LogP) is 2.29. The van der Waals surface area contributed by atoms with Crippen LogP contribution in [0.4, 0.5) is 11.4 Å². The molecule has 0 saturated heterocycles. The Balaban J connectivity index is 2.73. The fourth-order valence-electron chi connectivity index (χ4n) is 1.22. The van der Waals surface area contributed by atoms with Gasteiger partial charge in [0.25, 0.3) is 0 Å². The summed E-state index contributed by atoms with van der Waals surface area (Å²) in [6.07, 6.45) is 0. The third-order valence-corrected chi connectivity index (χ3v) is 2.39. The normalized spacial score (nSPS) is 11.9. The Morgan fingerprint density at radius 3 is 2.94 bits per heavy atom. The van der Waals surface area contributed by atoms with E-state index in [1.807, 2.05) is 0 Å². The van der Waals surface area contributed by atoms with E-state index >= 15 is 0 Å². The summed E-state index contributed by atoms with van der Waals surface area (Å²) in [5, 5.41) is 3.41. The van der Waals surface area contributed by atoms with Crippen molar-refractivity contribution >= 4 is 28.9 Å². The highest BCUT2D eigenvalue weighted by atomic mass is 35.5. The minimum atomic E-state index is -0.458. The minimum absolute atomic E-state index is 0.318. The van der Waals surface area contributed by atoms with Crippen LogP contribution in [0.15, 0.2) is 18.2 Å². The molecule has 0 aliphatic carbocycles. The second-order valence-corrected chi connectivity index (χ2v) is 3.73. The average Bonchev–Trinajstić information content (AvgIpc) is 2.25. The summed E-state index contributed by atoms with van der Waals surface area (Å²) in [6.45, 7) is 3.83. The van der Waals surface area contributed by atoms with E-state index < -0.39 is 6.04 Å². The molecule has 1 unspecified atom stereocenters. The van der Waals surface area contributed by atoms with Crippen LogP contribution in [0.2, 0.25) is 5.02 Å². The van der Waals surface area contributed by atoms with Gasteiger partial charge in [0.1, 0.15) is 6.04 Å². The molecule has 88 valence electrons. The Labute approximate surface area is 99.7 Å². The van der Waals surface area contributed by atoms with E-state index in [2.05, 4.69) is 5.32 Å². The smallest absolute Gasteiger partial charge is 0.328 e. The van der Waals surface area contributed by atoms with Gasteiger partial charge in [0.2, 0.25) is 0 Å². The molecule has 5 heteroatoms. The van der Waals surface area contributed by atoms with Gasteiger partial charge in [0.05, 0.1) is 23.0 Å². The van der Waals surface area contributed by atoms with Crippen LogP contribution in [-0.2, 0) is 9.53 Å². The van der Waals surface area contributed by atoms with Crippen molar-refractivity contribution < 1.29 is 9.53 Å². The lowest BCUT2D eigenvalue weighted by Crippen LogP contribution is -2.28. The number of carbonyl (C=O) groups excluding carboxylic acids is 1. The van der Waals surface area contributed by atoms with Gasteiger partial charge >= 0.3 is 5.97 Å². The van der Waals surface area contributed by atoms with Crippen molar-refractivity contribution in [3.8, 4) is 0 Å². The van der Waals surface area contributed by atoms with Crippen LogP contribution < -0.4 is 11.1 Å². The molecule has 0 amide bonds. The van der Waals surface area contributed by atoms with Crippen LogP contribution in [-0.4, -0.2) is 18.6 Å². The van der Waals surface area contributed by atoms with Crippen molar-refractivity contribution in [1.29, 1.82) is 0 Å². The van der Waals surface area contributed by atoms with Gasteiger partial charge in [-0.15, -0.1) is 0 Å². The number of benzene rings is 1. The van der Waals surface area contributed by atoms with Gasteiger partial charge in [0.15, 0.2) is 0 Å². The van der Waals surface area contributed by atoms with Crippen molar-refractivity contribution in [2.45, 2.75) is 19.9 Å². The highest BCUT2D eigenvalue weighted by Gasteiger charge is 2.14. The van der Waals surface area contributed by atoms with Gasteiger partial charge in [-0.3, -0.25) is 0 Å². The molecule has 0 aliphatic rings. The number of para-hydroxylation sites is 1. The molecule has 0 aromatic heterocycles. The molecule has 1 aromatic rings. The van der Waals surface area contributed by atoms with Gasteiger partial charge in [-0.05, 0) is 26.0 Å². The summed E-state index contributed by atoms with van der Waals surface area (Å²) >= 11 is 5.86. The highest BCUT2D eigenvalue weighted by Crippen LogP contribution is 2.27. The zero-order valence-electron chi connectivity index (χ0n) is 9.29. The Morgan fingerprint density at radius 2 is 2.31 bits per heavy atom. The molecule has 16 heavy (non-hydrogen) atoms. The highest BCUT2D eigenvalue weighted by molar-refractivity contribution is 6.33. The molecule has 0 saturated carbocycles. The third kappa shape index (κ3) is 3.03. The maximum atomic E-state index is 11.4. The number of halogens is 1. The van der Waals surface area contributed by atoms with E-state index in [9.17, 15) is 4.79 Å². The number of esters is 1. The van der Waals surface area contributed by atoms with Crippen LogP contribution >= 0.6 is 11.6 Å². The quantitative estimate of drug-likeness (QED) is 0.628. The van der Waals surface area contributed by atoms with Crippen LogP contribution in [0, 0.1) is 0 Å². The molecule has 1 aromatic carbocycles. The molecule has 4 nitrogen and oxygen atoms in total. The SMILES string of the molecule is CCOC(=O)C(C)Nc1cccc(Cl)c1N. The zero-order chi connectivity index (χ0) is 12.1. The molecule has 0 fully saturated rings. The number of carbonyl (C=O) groups is 1. The average molecular weight is 243 g/mol. The van der Waals surface area contributed by atoms with E-state index in [0.29, 0.717) is 23.0 Å². The fourth-order valence-corrected chi connectivity index (χ4v) is 1.40. The molecule has 1 rings (SSSR count). The van der Waals surface area contributed by atoms with E-state index in [1.54, 1.807) is 32.0 Å². The Morgan fingerprint density at radius 1 is 1.62 bits per heavy atom. The lowest BCUT2D eigenvalue weighted by atomic mass is 10.2. The minimum Gasteiger partial charge on any atom is -0.464 e. The van der Waals surface area contributed by atoms with Gasteiger partial charge < -0.3 is 15.8 Å². The Bertz CT molecular complexity index is 382. The maximum absolute atomic E-state index is 11.4. The van der Waals surface area contributed by atoms with Gasteiger partial charge in [0, 0.05) is 0 Å². The molecular weight excluding hydrogens is 228 g/mol. The lowest BCUT2D eigenvalue weighted by molar-refractivity contribution is -0.143. The molecule has 0 bridgehead atoms. The van der Waals surface area contributed by atoms with Crippen molar-refractivity contribution in [3.05, 3.63) is 23.2 Å². The van der Waals surface area contributed by atoms with E-state index in [-0.39, 0.29) is 5.97 Å². The summed E-state index contributed by atoms with van der Waals surface area (Å²) in [5.74, 6) is -0.318. The largest absolute Gasteiger partial charge is 0.464 e. The van der Waals surface area contributed by atoms with Crippen LogP contribution in [0.1, 0.15) is 13.8 Å². The summed E-state index contributed by atoms with van der Waals surface area (Å²) in [4.78, 5) is 11.4. The number of nitrogens with two attached hydrogens (primary N) is 1. The standard InChI is InChI=1S/C11H15ClN2O2/c1-3-16-11(15)7(2)14-9-6-4-5-8(12)10(9)13/h4-7,14H,3,13H2,1-2H3. The summed E-state index contributed by atoms with van der Waals surface area (Å²) in [6, 6.07) is 4.76. The first-order chi connectivity index (χ1) is 7.56. The molecule has 0 radical (unpaired) electrons. The number of hydrogen-bond donors (Lipinski definition) is 2. The van der Waals surface area contributed by atoms with Gasteiger partial charge in [-0.2, -0.15) is 0 Å². The Hall–Kier alpha value is -1.42. The predicted molar refractivity (Wildman–Crippen MR) is 65.6 cm³/mol. The molecule has 0 spiro atoms. The lowest BCUT2D eigenvalue weighted by Gasteiger charge is -2.15. The van der Waals surface area contributed by atoms with E-state index in [4.69, 9.17) is 22.1 Å². The molecule has 3 N–H and O–H groups in total. The first-order valence-corrected chi connectivity index (χ1v) is 5.41. The number of rotatable bonds is 4. The number of anilines is 2. The Kier molecular flexibility index (Phi) is 4.43. The van der Waals surface area contributed by atoms with Crippen molar-refractivity contribution in [2.75, 3.05) is 17.7 Å². The van der Waals surface area contributed by atoms with Crippen LogP contribution in [0.3, 0.4) is 0 Å². The monoisotopic (exact) mass is 242 g/mol. The number of nitrogens with one attached hydrogen (secondary N) is 1. The molecular formula is C11H15ClN2O2. The number of hydrogen-bond acceptors (Lipinski definition) is 4.